The van der Waals surface area contributed by atoms with Crippen LogP contribution in [0.5, 0.6) is 0 Å². The molecule has 120 valence electrons. The fourth-order valence-electron chi connectivity index (χ4n) is 4.96. The normalized spacial score (nSPS) is 40.4. The van der Waals surface area contributed by atoms with Crippen molar-refractivity contribution in [3.63, 3.8) is 0 Å². The molecule has 1 amide bonds. The fourth-order valence-corrected chi connectivity index (χ4v) is 4.96. The van der Waals surface area contributed by atoms with Crippen LogP contribution in [-0.4, -0.2) is 36.0 Å². The first-order valence-corrected chi connectivity index (χ1v) is 8.91. The summed E-state index contributed by atoms with van der Waals surface area (Å²) in [5, 5.41) is 3.47. The van der Waals surface area contributed by atoms with Crippen LogP contribution >= 0.6 is 0 Å². The molecule has 0 bridgehead atoms. The van der Waals surface area contributed by atoms with Crippen LogP contribution in [0.4, 0.5) is 0 Å². The van der Waals surface area contributed by atoms with Crippen LogP contribution < -0.4 is 5.32 Å². The lowest BCUT2D eigenvalue weighted by Crippen LogP contribution is -2.46. The lowest BCUT2D eigenvalue weighted by atomic mass is 9.69. The van der Waals surface area contributed by atoms with Crippen LogP contribution in [0.1, 0.15) is 59.8 Å². The smallest absolute Gasteiger partial charge is 0.226 e. The summed E-state index contributed by atoms with van der Waals surface area (Å²) >= 11 is 0. The van der Waals surface area contributed by atoms with E-state index in [1.54, 1.807) is 0 Å². The van der Waals surface area contributed by atoms with Gasteiger partial charge in [-0.25, -0.2) is 0 Å². The molecule has 2 saturated heterocycles. The van der Waals surface area contributed by atoms with Crippen molar-refractivity contribution in [2.75, 3.05) is 13.1 Å². The molecular weight excluding hydrogens is 260 g/mol. The first kappa shape index (κ1) is 15.3. The first-order chi connectivity index (χ1) is 9.88. The SMILES string of the molecule is CC1CC2CNCC2N1C(=O)C1CCC(C(C)(C)C)CC1. The van der Waals surface area contributed by atoms with Gasteiger partial charge in [-0.15, -0.1) is 0 Å². The van der Waals surface area contributed by atoms with Crippen LogP contribution in [-0.2, 0) is 4.79 Å². The number of nitrogens with one attached hydrogen (secondary N) is 1. The Labute approximate surface area is 129 Å². The predicted octanol–water partition coefficient (Wildman–Crippen LogP) is 3.05. The maximum Gasteiger partial charge on any atom is 0.226 e. The van der Waals surface area contributed by atoms with E-state index in [0.29, 0.717) is 35.2 Å². The minimum atomic E-state index is 0.297. The molecule has 2 aliphatic heterocycles. The van der Waals surface area contributed by atoms with Gasteiger partial charge in [0.15, 0.2) is 0 Å². The summed E-state index contributed by atoms with van der Waals surface area (Å²) in [7, 11) is 0. The largest absolute Gasteiger partial charge is 0.335 e. The second-order valence-corrected chi connectivity index (χ2v) is 8.73. The predicted molar refractivity (Wildman–Crippen MR) is 86.0 cm³/mol. The summed E-state index contributed by atoms with van der Waals surface area (Å²) in [5.41, 5.74) is 0.398. The lowest BCUT2D eigenvalue weighted by Gasteiger charge is -2.39. The number of hydrogen-bond donors (Lipinski definition) is 1. The number of likely N-dealkylation sites (tertiary alicyclic amines) is 1. The number of fused-ring (bicyclic) bond motifs is 1. The minimum absolute atomic E-state index is 0.297. The highest BCUT2D eigenvalue weighted by Crippen LogP contribution is 2.42. The third kappa shape index (κ3) is 2.86. The molecule has 0 spiro atoms. The van der Waals surface area contributed by atoms with Crippen molar-refractivity contribution in [2.45, 2.75) is 71.9 Å². The van der Waals surface area contributed by atoms with E-state index in [-0.39, 0.29) is 0 Å². The quantitative estimate of drug-likeness (QED) is 0.805. The van der Waals surface area contributed by atoms with Crippen LogP contribution in [0.25, 0.3) is 0 Å². The van der Waals surface area contributed by atoms with Gasteiger partial charge in [0.25, 0.3) is 0 Å². The van der Waals surface area contributed by atoms with E-state index >= 15 is 0 Å². The summed E-state index contributed by atoms with van der Waals surface area (Å²) in [5.74, 6) is 2.25. The van der Waals surface area contributed by atoms with Gasteiger partial charge in [0.1, 0.15) is 0 Å². The van der Waals surface area contributed by atoms with Gasteiger partial charge >= 0.3 is 0 Å². The molecule has 3 aliphatic rings. The van der Waals surface area contributed by atoms with Crippen LogP contribution in [0.15, 0.2) is 0 Å². The number of carbonyl (C=O) groups is 1. The molecule has 3 rings (SSSR count). The number of amides is 1. The third-order valence-electron chi connectivity index (χ3n) is 6.34. The average Bonchev–Trinajstić information content (AvgIpc) is 2.97. The highest BCUT2D eigenvalue weighted by atomic mass is 16.2. The molecule has 0 aromatic rings. The molecule has 1 saturated carbocycles. The zero-order valence-corrected chi connectivity index (χ0v) is 14.2. The molecule has 3 fully saturated rings. The van der Waals surface area contributed by atoms with E-state index in [9.17, 15) is 4.79 Å². The van der Waals surface area contributed by atoms with E-state index < -0.39 is 0 Å². The van der Waals surface area contributed by atoms with Gasteiger partial charge in [0.2, 0.25) is 5.91 Å². The van der Waals surface area contributed by atoms with Crippen molar-refractivity contribution >= 4 is 5.91 Å². The van der Waals surface area contributed by atoms with Crippen molar-refractivity contribution in [3.8, 4) is 0 Å². The number of nitrogens with zero attached hydrogens (tertiary/aromatic N) is 1. The number of rotatable bonds is 1. The molecule has 3 unspecified atom stereocenters. The lowest BCUT2D eigenvalue weighted by molar-refractivity contribution is -0.139. The highest BCUT2D eigenvalue weighted by molar-refractivity contribution is 5.80. The van der Waals surface area contributed by atoms with Gasteiger partial charge in [-0.3, -0.25) is 4.79 Å². The second kappa shape index (κ2) is 5.57. The van der Waals surface area contributed by atoms with E-state index in [1.807, 2.05) is 0 Å². The van der Waals surface area contributed by atoms with Gasteiger partial charge in [0.05, 0.1) is 0 Å². The summed E-state index contributed by atoms with van der Waals surface area (Å²) < 4.78 is 0. The van der Waals surface area contributed by atoms with E-state index in [4.69, 9.17) is 0 Å². The topological polar surface area (TPSA) is 32.3 Å². The summed E-state index contributed by atoms with van der Waals surface area (Å²) in [6.45, 7) is 11.4. The number of hydrogen-bond acceptors (Lipinski definition) is 2. The van der Waals surface area contributed by atoms with Crippen molar-refractivity contribution in [2.24, 2.45) is 23.2 Å². The Hall–Kier alpha value is -0.570. The minimum Gasteiger partial charge on any atom is -0.335 e. The summed E-state index contributed by atoms with van der Waals surface area (Å²) in [6, 6.07) is 0.933. The maximum absolute atomic E-state index is 13.0. The van der Waals surface area contributed by atoms with E-state index in [0.717, 1.165) is 31.8 Å². The van der Waals surface area contributed by atoms with E-state index in [1.165, 1.54) is 19.3 Å². The fraction of sp³-hybridized carbons (Fsp3) is 0.944. The Morgan fingerprint density at radius 1 is 1.10 bits per heavy atom. The Balaban J connectivity index is 1.62. The Morgan fingerprint density at radius 3 is 2.38 bits per heavy atom. The average molecular weight is 292 g/mol. The van der Waals surface area contributed by atoms with Crippen molar-refractivity contribution in [1.29, 1.82) is 0 Å². The summed E-state index contributed by atoms with van der Waals surface area (Å²) in [4.78, 5) is 15.3. The molecule has 2 heterocycles. The Morgan fingerprint density at radius 2 is 1.76 bits per heavy atom. The highest BCUT2D eigenvalue weighted by Gasteiger charge is 2.46. The maximum atomic E-state index is 13.0. The molecule has 3 atom stereocenters. The van der Waals surface area contributed by atoms with Gasteiger partial charge in [-0.05, 0) is 56.3 Å². The molecule has 3 heteroatoms. The summed E-state index contributed by atoms with van der Waals surface area (Å²) in [6.07, 6.45) is 5.87. The molecule has 3 nitrogen and oxygen atoms in total. The van der Waals surface area contributed by atoms with E-state index in [2.05, 4.69) is 37.9 Å². The standard InChI is InChI=1S/C18H32N2O/c1-12-9-14-10-19-11-16(14)20(12)17(21)13-5-7-15(8-6-13)18(2,3)4/h12-16,19H,5-11H2,1-4H3. The zero-order chi connectivity index (χ0) is 15.2. The van der Waals surface area contributed by atoms with Gasteiger partial charge in [0, 0.05) is 31.1 Å². The Bertz CT molecular complexity index is 393. The van der Waals surface area contributed by atoms with Crippen molar-refractivity contribution in [1.82, 2.24) is 10.2 Å². The van der Waals surface area contributed by atoms with Crippen LogP contribution in [0.2, 0.25) is 0 Å². The molecular formula is C18H32N2O. The van der Waals surface area contributed by atoms with Gasteiger partial charge in [-0.2, -0.15) is 0 Å². The Kier molecular flexibility index (Phi) is 4.06. The molecule has 1 N–H and O–H groups in total. The molecule has 0 radical (unpaired) electrons. The van der Waals surface area contributed by atoms with Crippen molar-refractivity contribution < 1.29 is 4.79 Å². The van der Waals surface area contributed by atoms with Gasteiger partial charge in [-0.1, -0.05) is 20.8 Å². The van der Waals surface area contributed by atoms with Gasteiger partial charge < -0.3 is 10.2 Å². The second-order valence-electron chi connectivity index (χ2n) is 8.73. The van der Waals surface area contributed by atoms with Crippen LogP contribution in [0.3, 0.4) is 0 Å². The van der Waals surface area contributed by atoms with Crippen molar-refractivity contribution in [3.05, 3.63) is 0 Å². The molecule has 21 heavy (non-hydrogen) atoms. The number of carbonyl (C=O) groups excluding carboxylic acids is 1. The molecule has 0 aromatic heterocycles. The zero-order valence-electron chi connectivity index (χ0n) is 14.2. The molecule has 0 aromatic carbocycles. The third-order valence-corrected chi connectivity index (χ3v) is 6.34. The monoisotopic (exact) mass is 292 g/mol. The molecule has 1 aliphatic carbocycles. The van der Waals surface area contributed by atoms with Crippen LogP contribution in [0, 0.1) is 23.2 Å². The first-order valence-electron chi connectivity index (χ1n) is 8.91.